The van der Waals surface area contributed by atoms with Crippen LogP contribution in [0.15, 0.2) is 0 Å². The van der Waals surface area contributed by atoms with Crippen molar-refractivity contribution in [2.75, 3.05) is 0 Å². The molecule has 0 heterocycles. The lowest BCUT2D eigenvalue weighted by Gasteiger charge is -2.22. The Bertz CT molecular complexity index is 289. The van der Waals surface area contributed by atoms with Crippen LogP contribution in [0, 0.1) is 11.8 Å². The fourth-order valence-corrected chi connectivity index (χ4v) is 1.61. The van der Waals surface area contributed by atoms with Crippen LogP contribution < -0.4 is 0 Å². The van der Waals surface area contributed by atoms with E-state index in [9.17, 15) is 14.4 Å². The molecular weight excluding hydrogens is 236 g/mol. The molecule has 2 unspecified atom stereocenters. The number of ether oxygens (including phenoxy) is 2. The molecular formula is C13H22O5. The second kappa shape index (κ2) is 7.13. The molecule has 0 spiro atoms. The molecule has 0 amide bonds. The summed E-state index contributed by atoms with van der Waals surface area (Å²) in [7, 11) is 0. The fourth-order valence-electron chi connectivity index (χ4n) is 1.61. The number of rotatable bonds is 6. The predicted octanol–water partition coefficient (Wildman–Crippen LogP) is 2.37. The number of hydrogen-bond donors (Lipinski definition) is 0. The third-order valence-corrected chi connectivity index (χ3v) is 2.46. The van der Waals surface area contributed by atoms with Gasteiger partial charge in [-0.3, -0.25) is 9.59 Å². The molecule has 0 aliphatic rings. The molecule has 0 aromatic carbocycles. The Hall–Kier alpha value is -1.39. The highest BCUT2D eigenvalue weighted by Crippen LogP contribution is 2.13. The summed E-state index contributed by atoms with van der Waals surface area (Å²) in [6.45, 7) is 9.77. The first-order chi connectivity index (χ1) is 8.16. The van der Waals surface area contributed by atoms with Crippen LogP contribution in [0.25, 0.3) is 0 Å². The summed E-state index contributed by atoms with van der Waals surface area (Å²) in [5.41, 5.74) is 0. The number of Topliss-reactive ketones (excluding diaryl/α,β-unsaturated/α-hetero) is 2. The van der Waals surface area contributed by atoms with E-state index in [1.807, 2.05) is 0 Å². The Morgan fingerprint density at radius 2 is 1.00 bits per heavy atom. The maximum Gasteiger partial charge on any atom is 0.509 e. The van der Waals surface area contributed by atoms with Crippen LogP contribution >= 0.6 is 0 Å². The summed E-state index contributed by atoms with van der Waals surface area (Å²) in [4.78, 5) is 34.1. The van der Waals surface area contributed by atoms with Crippen molar-refractivity contribution in [3.63, 3.8) is 0 Å². The SMILES string of the molecule is CC(=O)C(OC(=O)OC(C(C)=O)C(C)C)C(C)C. The Labute approximate surface area is 108 Å². The van der Waals surface area contributed by atoms with Gasteiger partial charge in [-0.15, -0.1) is 0 Å². The minimum atomic E-state index is -0.974. The van der Waals surface area contributed by atoms with Crippen LogP contribution in [0.2, 0.25) is 0 Å². The lowest BCUT2D eigenvalue weighted by Crippen LogP contribution is -2.35. The quantitative estimate of drug-likeness (QED) is 0.684. The van der Waals surface area contributed by atoms with Gasteiger partial charge in [0.1, 0.15) is 0 Å². The largest absolute Gasteiger partial charge is 0.509 e. The van der Waals surface area contributed by atoms with E-state index in [2.05, 4.69) is 0 Å². The van der Waals surface area contributed by atoms with Crippen molar-refractivity contribution in [1.82, 2.24) is 0 Å². The van der Waals surface area contributed by atoms with Crippen molar-refractivity contribution in [2.45, 2.75) is 53.8 Å². The van der Waals surface area contributed by atoms with Gasteiger partial charge >= 0.3 is 6.16 Å². The third-order valence-electron chi connectivity index (χ3n) is 2.46. The maximum absolute atomic E-state index is 11.5. The molecule has 0 N–H and O–H groups in total. The lowest BCUT2D eigenvalue weighted by molar-refractivity contribution is -0.134. The molecule has 0 saturated carbocycles. The minimum Gasteiger partial charge on any atom is -0.423 e. The fraction of sp³-hybridized carbons (Fsp3) is 0.769. The van der Waals surface area contributed by atoms with Crippen molar-refractivity contribution >= 4 is 17.7 Å². The van der Waals surface area contributed by atoms with Crippen LogP contribution in [0.4, 0.5) is 4.79 Å². The average molecular weight is 258 g/mol. The van der Waals surface area contributed by atoms with E-state index in [4.69, 9.17) is 9.47 Å². The third kappa shape index (κ3) is 5.29. The van der Waals surface area contributed by atoms with Gasteiger partial charge in [-0.1, -0.05) is 27.7 Å². The second-order valence-corrected chi connectivity index (χ2v) is 5.04. The molecule has 0 aromatic rings. The minimum absolute atomic E-state index is 0.134. The molecule has 5 nitrogen and oxygen atoms in total. The highest BCUT2D eigenvalue weighted by atomic mass is 16.7. The molecule has 0 aliphatic carbocycles. The zero-order valence-electron chi connectivity index (χ0n) is 11.9. The second-order valence-electron chi connectivity index (χ2n) is 5.04. The summed E-state index contributed by atoms with van der Waals surface area (Å²) in [6, 6.07) is 0. The van der Waals surface area contributed by atoms with Crippen LogP contribution in [0.5, 0.6) is 0 Å². The molecule has 104 valence electrons. The van der Waals surface area contributed by atoms with Crippen molar-refractivity contribution in [3.05, 3.63) is 0 Å². The molecule has 18 heavy (non-hydrogen) atoms. The Balaban J connectivity index is 4.57. The topological polar surface area (TPSA) is 69.7 Å². The standard InChI is InChI=1S/C13H22O5/c1-7(2)11(9(5)14)17-13(16)18-12(8(3)4)10(6)15/h7-8,11-12H,1-6H3. The van der Waals surface area contributed by atoms with Crippen molar-refractivity contribution < 1.29 is 23.9 Å². The first kappa shape index (κ1) is 16.6. The summed E-state index contributed by atoms with van der Waals surface area (Å²) in [5, 5.41) is 0. The molecule has 0 aliphatic heterocycles. The molecule has 0 fully saturated rings. The van der Waals surface area contributed by atoms with E-state index in [-0.39, 0.29) is 23.4 Å². The van der Waals surface area contributed by atoms with Gasteiger partial charge in [0.15, 0.2) is 23.8 Å². The number of carbonyl (C=O) groups is 3. The zero-order valence-corrected chi connectivity index (χ0v) is 11.9. The van der Waals surface area contributed by atoms with Crippen molar-refractivity contribution in [2.24, 2.45) is 11.8 Å². The van der Waals surface area contributed by atoms with E-state index in [0.29, 0.717) is 0 Å². The summed E-state index contributed by atoms with van der Waals surface area (Å²) in [6.07, 6.45) is -2.65. The van der Waals surface area contributed by atoms with Crippen LogP contribution in [-0.4, -0.2) is 29.9 Å². The van der Waals surface area contributed by atoms with E-state index in [1.165, 1.54) is 13.8 Å². The Morgan fingerprint density at radius 1 is 0.722 bits per heavy atom. The molecule has 0 bridgehead atoms. The van der Waals surface area contributed by atoms with Gasteiger partial charge in [0, 0.05) is 0 Å². The summed E-state index contributed by atoms with van der Waals surface area (Å²) in [5.74, 6) is -0.758. The molecule has 5 heteroatoms. The molecule has 0 aromatic heterocycles. The smallest absolute Gasteiger partial charge is 0.423 e. The first-order valence-electron chi connectivity index (χ1n) is 6.05. The van der Waals surface area contributed by atoms with Gasteiger partial charge in [0.25, 0.3) is 0 Å². The normalized spacial score (nSPS) is 14.2. The predicted molar refractivity (Wildman–Crippen MR) is 66.2 cm³/mol. The molecule has 0 saturated heterocycles. The van der Waals surface area contributed by atoms with E-state index in [1.54, 1.807) is 27.7 Å². The molecule has 0 radical (unpaired) electrons. The van der Waals surface area contributed by atoms with Crippen LogP contribution in [-0.2, 0) is 19.1 Å². The average Bonchev–Trinajstić information content (AvgIpc) is 2.20. The Morgan fingerprint density at radius 3 is 1.17 bits per heavy atom. The van der Waals surface area contributed by atoms with Crippen LogP contribution in [0.3, 0.4) is 0 Å². The van der Waals surface area contributed by atoms with Crippen LogP contribution in [0.1, 0.15) is 41.5 Å². The summed E-state index contributed by atoms with van der Waals surface area (Å²) >= 11 is 0. The van der Waals surface area contributed by atoms with E-state index >= 15 is 0 Å². The monoisotopic (exact) mass is 258 g/mol. The van der Waals surface area contributed by atoms with Gasteiger partial charge in [0.2, 0.25) is 0 Å². The zero-order chi connectivity index (χ0) is 14.5. The Kier molecular flexibility index (Phi) is 6.58. The van der Waals surface area contributed by atoms with E-state index in [0.717, 1.165) is 0 Å². The number of ketones is 2. The first-order valence-corrected chi connectivity index (χ1v) is 6.05. The highest BCUT2D eigenvalue weighted by Gasteiger charge is 2.28. The maximum atomic E-state index is 11.5. The number of carbonyl (C=O) groups excluding carboxylic acids is 3. The van der Waals surface area contributed by atoms with E-state index < -0.39 is 18.4 Å². The van der Waals surface area contributed by atoms with Gasteiger partial charge in [-0.25, -0.2) is 4.79 Å². The van der Waals surface area contributed by atoms with Crippen molar-refractivity contribution in [3.8, 4) is 0 Å². The van der Waals surface area contributed by atoms with Gasteiger partial charge in [-0.05, 0) is 25.7 Å². The van der Waals surface area contributed by atoms with Gasteiger partial charge in [0.05, 0.1) is 0 Å². The van der Waals surface area contributed by atoms with Gasteiger partial charge < -0.3 is 9.47 Å². The highest BCUT2D eigenvalue weighted by molar-refractivity contribution is 5.84. The molecule has 0 rings (SSSR count). The van der Waals surface area contributed by atoms with Crippen molar-refractivity contribution in [1.29, 1.82) is 0 Å². The van der Waals surface area contributed by atoms with Gasteiger partial charge in [-0.2, -0.15) is 0 Å². The lowest BCUT2D eigenvalue weighted by atomic mass is 10.0. The molecule has 2 atom stereocenters. The number of hydrogen-bond acceptors (Lipinski definition) is 5. The summed E-state index contributed by atoms with van der Waals surface area (Å²) < 4.78 is 9.88.